The summed E-state index contributed by atoms with van der Waals surface area (Å²) >= 11 is 0. The zero-order chi connectivity index (χ0) is 12.4. The lowest BCUT2D eigenvalue weighted by atomic mass is 9.91. The summed E-state index contributed by atoms with van der Waals surface area (Å²) in [7, 11) is 0. The molecule has 1 aromatic heterocycles. The lowest BCUT2D eigenvalue weighted by Gasteiger charge is -2.33. The van der Waals surface area contributed by atoms with Crippen LogP contribution in [-0.2, 0) is 18.7 Å². The Hall–Kier alpha value is -1.71. The van der Waals surface area contributed by atoms with Gasteiger partial charge in [0.05, 0.1) is 0 Å². The molecule has 0 saturated carbocycles. The number of hydrogen-bond donors (Lipinski definition) is 2. The first kappa shape index (κ1) is 11.4. The van der Waals surface area contributed by atoms with E-state index in [0.717, 1.165) is 18.5 Å². The molecule has 18 heavy (non-hydrogen) atoms. The summed E-state index contributed by atoms with van der Waals surface area (Å²) < 4.78 is 2.00. The molecule has 3 rings (SSSR count). The summed E-state index contributed by atoms with van der Waals surface area (Å²) in [5.41, 5.74) is 1.25. The molecular weight excluding hydrogens is 224 g/mol. The van der Waals surface area contributed by atoms with Gasteiger partial charge in [-0.2, -0.15) is 0 Å². The average molecular weight is 241 g/mol. The van der Waals surface area contributed by atoms with E-state index in [1.54, 1.807) is 0 Å². The van der Waals surface area contributed by atoms with Crippen LogP contribution in [0, 0.1) is 0 Å². The van der Waals surface area contributed by atoms with Crippen molar-refractivity contribution in [3.8, 4) is 0 Å². The van der Waals surface area contributed by atoms with Gasteiger partial charge in [-0.1, -0.05) is 30.3 Å². The van der Waals surface area contributed by atoms with Crippen molar-refractivity contribution in [3.63, 3.8) is 0 Å². The zero-order valence-corrected chi connectivity index (χ0v) is 10.2. The van der Waals surface area contributed by atoms with Crippen molar-refractivity contribution in [1.29, 1.82) is 0 Å². The number of rotatable bonds is 2. The Balaban J connectivity index is 1.96. The van der Waals surface area contributed by atoms with E-state index in [1.165, 1.54) is 5.56 Å². The number of fused-ring (bicyclic) bond motifs is 1. The Labute approximate surface area is 107 Å². The molecule has 3 heteroatoms. The normalized spacial score (nSPS) is 22.5. The maximum Gasteiger partial charge on any atom is 0.203 e. The molecule has 0 spiro atoms. The van der Waals surface area contributed by atoms with Crippen LogP contribution in [0.25, 0.3) is 0 Å². The largest absolute Gasteiger partial charge is 0.366 e. The van der Waals surface area contributed by atoms with Gasteiger partial charge in [0, 0.05) is 24.2 Å². The van der Waals surface area contributed by atoms with Gasteiger partial charge in [-0.25, -0.2) is 4.57 Å². The van der Waals surface area contributed by atoms with Gasteiger partial charge in [0.1, 0.15) is 0 Å². The Morgan fingerprint density at radius 2 is 1.89 bits per heavy atom. The third-order valence-corrected chi connectivity index (χ3v) is 3.46. The topological polar surface area (TPSA) is 36.1 Å². The van der Waals surface area contributed by atoms with E-state index in [-0.39, 0.29) is 0 Å². The first-order chi connectivity index (χ1) is 8.78. The highest BCUT2D eigenvalue weighted by Gasteiger charge is 2.37. The highest BCUT2D eigenvalue weighted by molar-refractivity contribution is 5.33. The number of nitrogens with zero attached hydrogens (tertiary/aromatic N) is 1. The molecule has 2 N–H and O–H groups in total. The number of nitrogens with one attached hydrogen (secondary N) is 1. The summed E-state index contributed by atoms with van der Waals surface area (Å²) in [6.07, 6.45) is 4.91. The van der Waals surface area contributed by atoms with Crippen molar-refractivity contribution in [1.82, 2.24) is 5.32 Å². The van der Waals surface area contributed by atoms with Crippen molar-refractivity contribution in [2.24, 2.45) is 0 Å². The number of pyridine rings is 1. The molecule has 0 aliphatic carbocycles. The number of benzene rings is 1. The lowest BCUT2D eigenvalue weighted by Crippen LogP contribution is -2.56. The van der Waals surface area contributed by atoms with Crippen molar-refractivity contribution < 1.29 is 9.67 Å². The van der Waals surface area contributed by atoms with Crippen molar-refractivity contribution >= 4 is 0 Å². The monoisotopic (exact) mass is 241 g/mol. The van der Waals surface area contributed by atoms with E-state index >= 15 is 0 Å². The second-order valence-electron chi connectivity index (χ2n) is 4.74. The molecule has 0 bridgehead atoms. The molecular formula is C15H17N2O+. The van der Waals surface area contributed by atoms with Crippen LogP contribution >= 0.6 is 0 Å². The predicted octanol–water partition coefficient (Wildman–Crippen LogP) is 0.965. The van der Waals surface area contributed by atoms with Crippen LogP contribution in [0.2, 0.25) is 0 Å². The van der Waals surface area contributed by atoms with E-state index in [1.807, 2.05) is 53.4 Å². The molecule has 0 fully saturated rings. The molecule has 2 heterocycles. The number of aromatic nitrogens is 1. The summed E-state index contributed by atoms with van der Waals surface area (Å²) in [5, 5.41) is 14.1. The van der Waals surface area contributed by atoms with Gasteiger partial charge >= 0.3 is 0 Å². The second kappa shape index (κ2) is 4.52. The van der Waals surface area contributed by atoms with E-state index < -0.39 is 5.72 Å². The maximum atomic E-state index is 10.8. The third-order valence-electron chi connectivity index (χ3n) is 3.46. The molecule has 0 unspecified atom stereocenters. The molecule has 0 radical (unpaired) electrons. The number of aliphatic hydroxyl groups is 1. The minimum atomic E-state index is -0.971. The van der Waals surface area contributed by atoms with Gasteiger partial charge in [-0.3, -0.25) is 5.32 Å². The molecule has 2 aromatic rings. The van der Waals surface area contributed by atoms with Gasteiger partial charge in [-0.15, -0.1) is 0 Å². The molecule has 1 aromatic carbocycles. The van der Waals surface area contributed by atoms with Gasteiger partial charge in [0.15, 0.2) is 18.9 Å². The molecule has 0 amide bonds. The maximum absolute atomic E-state index is 10.8. The van der Waals surface area contributed by atoms with E-state index in [9.17, 15) is 5.11 Å². The van der Waals surface area contributed by atoms with E-state index in [2.05, 4.69) is 11.4 Å². The van der Waals surface area contributed by atoms with Crippen LogP contribution in [0.4, 0.5) is 0 Å². The minimum absolute atomic E-state index is 0.519. The smallest absolute Gasteiger partial charge is 0.203 e. The van der Waals surface area contributed by atoms with Crippen molar-refractivity contribution in [2.45, 2.75) is 18.7 Å². The van der Waals surface area contributed by atoms with Gasteiger partial charge < -0.3 is 5.11 Å². The van der Waals surface area contributed by atoms with Crippen LogP contribution in [0.1, 0.15) is 11.1 Å². The van der Waals surface area contributed by atoms with Crippen molar-refractivity contribution in [3.05, 3.63) is 66.0 Å². The molecule has 3 nitrogen and oxygen atoms in total. The quantitative estimate of drug-likeness (QED) is 0.769. The summed E-state index contributed by atoms with van der Waals surface area (Å²) in [4.78, 5) is 0. The Morgan fingerprint density at radius 1 is 1.11 bits per heavy atom. The average Bonchev–Trinajstić information content (AvgIpc) is 2.40. The van der Waals surface area contributed by atoms with E-state index in [0.29, 0.717) is 6.54 Å². The van der Waals surface area contributed by atoms with Crippen LogP contribution < -0.4 is 9.88 Å². The summed E-state index contributed by atoms with van der Waals surface area (Å²) in [6.45, 7) is 1.33. The SMILES string of the molecule is O[C@@]1(C[n+]2ccccc2)NCCc2ccccc21. The van der Waals surface area contributed by atoms with Crippen LogP contribution in [-0.4, -0.2) is 11.7 Å². The fourth-order valence-electron chi connectivity index (χ4n) is 2.59. The minimum Gasteiger partial charge on any atom is -0.366 e. The van der Waals surface area contributed by atoms with Gasteiger partial charge in [-0.05, 0) is 12.0 Å². The fourth-order valence-corrected chi connectivity index (χ4v) is 2.59. The van der Waals surface area contributed by atoms with Gasteiger partial charge in [0.2, 0.25) is 5.72 Å². The lowest BCUT2D eigenvalue weighted by molar-refractivity contribution is -0.713. The van der Waals surface area contributed by atoms with Crippen LogP contribution in [0.3, 0.4) is 0 Å². The first-order valence-electron chi connectivity index (χ1n) is 6.28. The molecule has 1 atom stereocenters. The van der Waals surface area contributed by atoms with E-state index in [4.69, 9.17) is 0 Å². The highest BCUT2D eigenvalue weighted by atomic mass is 16.3. The fraction of sp³-hybridized carbons (Fsp3) is 0.267. The first-order valence-corrected chi connectivity index (χ1v) is 6.28. The standard InChI is InChI=1S/C15H17N2O/c18-15(12-17-10-4-1-5-11-17)14-7-3-2-6-13(14)8-9-16-15/h1-7,10-11,16,18H,8-9,12H2/q+1/t15-/m1/s1. The summed E-state index contributed by atoms with van der Waals surface area (Å²) in [5.74, 6) is 0. The number of hydrogen-bond acceptors (Lipinski definition) is 2. The zero-order valence-electron chi connectivity index (χ0n) is 10.2. The third kappa shape index (κ3) is 2.03. The molecule has 0 saturated heterocycles. The Bertz CT molecular complexity index is 541. The van der Waals surface area contributed by atoms with Crippen LogP contribution in [0.15, 0.2) is 54.9 Å². The predicted molar refractivity (Wildman–Crippen MR) is 68.7 cm³/mol. The molecule has 1 aliphatic heterocycles. The van der Waals surface area contributed by atoms with Crippen molar-refractivity contribution in [2.75, 3.05) is 6.54 Å². The van der Waals surface area contributed by atoms with Gasteiger partial charge in [0.25, 0.3) is 0 Å². The molecule has 1 aliphatic rings. The highest BCUT2D eigenvalue weighted by Crippen LogP contribution is 2.26. The Morgan fingerprint density at radius 3 is 2.72 bits per heavy atom. The second-order valence-corrected chi connectivity index (χ2v) is 4.74. The molecule has 92 valence electrons. The van der Waals surface area contributed by atoms with Crippen LogP contribution in [0.5, 0.6) is 0 Å². The summed E-state index contributed by atoms with van der Waals surface area (Å²) in [6, 6.07) is 14.0. The Kier molecular flexibility index (Phi) is 2.86.